The second kappa shape index (κ2) is 10.8. The number of hydrogen-bond donors (Lipinski definition) is 1. The Bertz CT molecular complexity index is 1580. The van der Waals surface area contributed by atoms with E-state index in [0.29, 0.717) is 24.6 Å². The molecule has 0 aliphatic carbocycles. The van der Waals surface area contributed by atoms with Crippen LogP contribution in [0.1, 0.15) is 34.0 Å². The number of fused-ring (bicyclic) bond motifs is 1. The van der Waals surface area contributed by atoms with Crippen molar-refractivity contribution in [1.82, 2.24) is 4.57 Å². The predicted molar refractivity (Wildman–Crippen MR) is 144 cm³/mol. The first-order valence-corrected chi connectivity index (χ1v) is 14.0. The maximum absolute atomic E-state index is 13.4. The number of amides is 1. The Kier molecular flexibility index (Phi) is 7.73. The minimum absolute atomic E-state index is 0.122. The lowest BCUT2D eigenvalue weighted by molar-refractivity contribution is 0.0997. The van der Waals surface area contributed by atoms with E-state index in [2.05, 4.69) is 21.8 Å². The van der Waals surface area contributed by atoms with Gasteiger partial charge in [-0.25, -0.2) is 8.42 Å². The van der Waals surface area contributed by atoms with Gasteiger partial charge in [-0.1, -0.05) is 47.2 Å². The van der Waals surface area contributed by atoms with E-state index in [1.807, 2.05) is 32.3 Å². The molecule has 36 heavy (non-hydrogen) atoms. The average Bonchev–Trinajstić information content (AvgIpc) is 3.16. The molecule has 1 aromatic heterocycles. The van der Waals surface area contributed by atoms with E-state index < -0.39 is 15.9 Å². The van der Waals surface area contributed by atoms with E-state index in [9.17, 15) is 13.2 Å². The van der Waals surface area contributed by atoms with E-state index in [-0.39, 0.29) is 16.1 Å². The molecular formula is C27H29N3O4S2. The van der Waals surface area contributed by atoms with Gasteiger partial charge in [-0.2, -0.15) is 4.99 Å². The number of aromatic nitrogens is 1. The van der Waals surface area contributed by atoms with Gasteiger partial charge in [0.2, 0.25) is 0 Å². The molecule has 1 heterocycles. The van der Waals surface area contributed by atoms with Crippen LogP contribution >= 0.6 is 11.3 Å². The highest BCUT2D eigenvalue weighted by Gasteiger charge is 2.19. The molecular weight excluding hydrogens is 494 g/mol. The lowest BCUT2D eigenvalue weighted by Crippen LogP contribution is -2.21. The van der Waals surface area contributed by atoms with Crippen LogP contribution in [0.5, 0.6) is 0 Å². The number of carbonyl (C=O) groups excluding carboxylic acids is 1. The minimum Gasteiger partial charge on any atom is -0.380 e. The van der Waals surface area contributed by atoms with Crippen molar-refractivity contribution in [2.24, 2.45) is 4.99 Å². The summed E-state index contributed by atoms with van der Waals surface area (Å²) in [5.74, 6) is -0.525. The van der Waals surface area contributed by atoms with E-state index in [0.717, 1.165) is 26.9 Å². The maximum atomic E-state index is 13.4. The third-order valence-electron chi connectivity index (χ3n) is 5.71. The summed E-state index contributed by atoms with van der Waals surface area (Å²) in [5, 5.41) is 0. The number of sulfonamides is 1. The molecule has 4 rings (SSSR count). The molecule has 0 saturated heterocycles. The van der Waals surface area contributed by atoms with Crippen molar-refractivity contribution in [3.05, 3.63) is 87.7 Å². The van der Waals surface area contributed by atoms with E-state index in [1.165, 1.54) is 23.5 Å². The second-order valence-electron chi connectivity index (χ2n) is 8.54. The molecule has 1 amide bonds. The first-order valence-electron chi connectivity index (χ1n) is 11.7. The zero-order valence-corrected chi connectivity index (χ0v) is 22.4. The Morgan fingerprint density at radius 2 is 1.75 bits per heavy atom. The van der Waals surface area contributed by atoms with Crippen LogP contribution in [0.3, 0.4) is 0 Å². The number of thiazole rings is 1. The number of anilines is 1. The van der Waals surface area contributed by atoms with Crippen molar-refractivity contribution < 1.29 is 17.9 Å². The SMILES string of the molecule is CCOCCn1c(=NC(=O)c2ccccc2NS(=O)(=O)c2ccc(C)cc2)sc2cc(C)cc(C)c21. The molecule has 0 radical (unpaired) electrons. The van der Waals surface area contributed by atoms with Gasteiger partial charge in [0.05, 0.1) is 33.0 Å². The van der Waals surface area contributed by atoms with Gasteiger partial charge >= 0.3 is 0 Å². The summed E-state index contributed by atoms with van der Waals surface area (Å²) < 4.78 is 37.1. The molecule has 4 aromatic rings. The van der Waals surface area contributed by atoms with Gasteiger partial charge in [0.15, 0.2) is 4.80 Å². The van der Waals surface area contributed by atoms with Crippen LogP contribution in [-0.2, 0) is 21.3 Å². The smallest absolute Gasteiger partial charge is 0.281 e. The number of aryl methyl sites for hydroxylation is 3. The monoisotopic (exact) mass is 523 g/mol. The molecule has 1 N–H and O–H groups in total. The van der Waals surface area contributed by atoms with Crippen molar-refractivity contribution in [3.8, 4) is 0 Å². The van der Waals surface area contributed by atoms with Crippen LogP contribution in [0.2, 0.25) is 0 Å². The molecule has 0 bridgehead atoms. The summed E-state index contributed by atoms with van der Waals surface area (Å²) in [6, 6.07) is 17.2. The van der Waals surface area contributed by atoms with Crippen LogP contribution in [-0.4, -0.2) is 32.1 Å². The highest BCUT2D eigenvalue weighted by Crippen LogP contribution is 2.24. The molecule has 0 aliphatic heterocycles. The Morgan fingerprint density at radius 3 is 2.47 bits per heavy atom. The zero-order valence-electron chi connectivity index (χ0n) is 20.7. The summed E-state index contributed by atoms with van der Waals surface area (Å²) in [7, 11) is -3.88. The number of hydrogen-bond acceptors (Lipinski definition) is 5. The van der Waals surface area contributed by atoms with Gasteiger partial charge in [-0.3, -0.25) is 9.52 Å². The molecule has 3 aromatic carbocycles. The van der Waals surface area contributed by atoms with Crippen molar-refractivity contribution in [1.29, 1.82) is 0 Å². The topological polar surface area (TPSA) is 89.8 Å². The van der Waals surface area contributed by atoms with E-state index in [1.54, 1.807) is 36.4 Å². The lowest BCUT2D eigenvalue weighted by Gasteiger charge is -2.11. The molecule has 188 valence electrons. The minimum atomic E-state index is -3.88. The van der Waals surface area contributed by atoms with Crippen LogP contribution < -0.4 is 9.52 Å². The Hall–Kier alpha value is -3.27. The summed E-state index contributed by atoms with van der Waals surface area (Å²) in [6.45, 7) is 9.54. The predicted octanol–water partition coefficient (Wildman–Crippen LogP) is 5.21. The van der Waals surface area contributed by atoms with Gasteiger partial charge in [0, 0.05) is 13.2 Å². The molecule has 0 unspecified atom stereocenters. The highest BCUT2D eigenvalue weighted by molar-refractivity contribution is 7.92. The first-order chi connectivity index (χ1) is 17.2. The number of carbonyl (C=O) groups is 1. The summed E-state index contributed by atoms with van der Waals surface area (Å²) in [5.41, 5.74) is 4.56. The molecule has 7 nitrogen and oxygen atoms in total. The summed E-state index contributed by atoms with van der Waals surface area (Å²) in [6.07, 6.45) is 0. The number of para-hydroxylation sites is 1. The third-order valence-corrected chi connectivity index (χ3v) is 8.11. The molecule has 9 heteroatoms. The van der Waals surface area contributed by atoms with Crippen molar-refractivity contribution in [2.75, 3.05) is 17.9 Å². The van der Waals surface area contributed by atoms with Crippen LogP contribution in [0.4, 0.5) is 5.69 Å². The average molecular weight is 524 g/mol. The first kappa shape index (κ1) is 25.8. The van der Waals surface area contributed by atoms with Gasteiger partial charge < -0.3 is 9.30 Å². The standard InChI is InChI=1S/C27H29N3O4S2/c1-5-34-15-14-30-25-20(4)16-19(3)17-24(25)35-27(30)28-26(31)22-8-6-7-9-23(22)29-36(32,33)21-12-10-18(2)11-13-21/h6-13,16-17,29H,5,14-15H2,1-4H3. The van der Waals surface area contributed by atoms with Crippen molar-refractivity contribution in [3.63, 3.8) is 0 Å². The normalized spacial score (nSPS) is 12.3. The number of benzene rings is 3. The molecule has 0 spiro atoms. The Morgan fingerprint density at radius 1 is 1.03 bits per heavy atom. The highest BCUT2D eigenvalue weighted by atomic mass is 32.2. The van der Waals surface area contributed by atoms with Gasteiger partial charge in [-0.15, -0.1) is 0 Å². The van der Waals surface area contributed by atoms with E-state index in [4.69, 9.17) is 4.74 Å². The molecule has 0 saturated carbocycles. The van der Waals surface area contributed by atoms with Crippen LogP contribution in [0.25, 0.3) is 10.2 Å². The Labute approximate surface area is 215 Å². The lowest BCUT2D eigenvalue weighted by atomic mass is 10.1. The Balaban J connectivity index is 1.75. The number of ether oxygens (including phenoxy) is 1. The molecule has 0 atom stereocenters. The summed E-state index contributed by atoms with van der Waals surface area (Å²) >= 11 is 1.43. The zero-order chi connectivity index (χ0) is 25.9. The largest absolute Gasteiger partial charge is 0.380 e. The molecule has 0 fully saturated rings. The fourth-order valence-electron chi connectivity index (χ4n) is 4.01. The maximum Gasteiger partial charge on any atom is 0.281 e. The van der Waals surface area contributed by atoms with E-state index >= 15 is 0 Å². The van der Waals surface area contributed by atoms with Crippen molar-refractivity contribution in [2.45, 2.75) is 39.1 Å². The third kappa shape index (κ3) is 5.59. The van der Waals surface area contributed by atoms with Gasteiger partial charge in [0.1, 0.15) is 0 Å². The number of nitrogens with zero attached hydrogens (tertiary/aromatic N) is 2. The molecule has 0 aliphatic rings. The summed E-state index contributed by atoms with van der Waals surface area (Å²) in [4.78, 5) is 18.5. The van der Waals surface area contributed by atoms with Gasteiger partial charge in [-0.05, 0) is 69.2 Å². The quantitative estimate of drug-likeness (QED) is 0.321. The number of nitrogens with one attached hydrogen (secondary N) is 1. The van der Waals surface area contributed by atoms with Crippen LogP contribution in [0.15, 0.2) is 70.6 Å². The second-order valence-corrected chi connectivity index (χ2v) is 11.2. The number of rotatable bonds is 8. The fourth-order valence-corrected chi connectivity index (χ4v) is 6.32. The fraction of sp³-hybridized carbons (Fsp3) is 0.259. The van der Waals surface area contributed by atoms with Gasteiger partial charge in [0.25, 0.3) is 15.9 Å². The van der Waals surface area contributed by atoms with Crippen molar-refractivity contribution >= 4 is 43.2 Å². The van der Waals surface area contributed by atoms with Crippen LogP contribution in [0, 0.1) is 20.8 Å².